The van der Waals surface area contributed by atoms with Crippen molar-refractivity contribution in [2.24, 2.45) is 0 Å². The van der Waals surface area contributed by atoms with Gasteiger partial charge in [-0.3, -0.25) is 4.48 Å². The molecule has 1 nitrogen and oxygen atoms in total. The first-order valence-corrected chi connectivity index (χ1v) is 4.88. The average molecular weight is 303 g/mol. The Morgan fingerprint density at radius 2 is 1.71 bits per heavy atom. The zero-order chi connectivity index (χ0) is 9.69. The smallest absolute Gasteiger partial charge is 0.136 e. The van der Waals surface area contributed by atoms with E-state index >= 15 is 0 Å². The molecule has 0 spiro atoms. The number of nitrogens with zero attached hydrogens (tertiary/aromatic N) is 1. The summed E-state index contributed by atoms with van der Waals surface area (Å²) in [5.41, 5.74) is 3.33. The molecule has 1 aliphatic rings. The third kappa shape index (κ3) is 1.48. The quantitative estimate of drug-likeness (QED) is 0.452. The SMILES string of the molecule is CC1(C)Cc2ccccc2[N+]1(C)C.[I-]. The van der Waals surface area contributed by atoms with Crippen LogP contribution < -0.4 is 28.5 Å². The van der Waals surface area contributed by atoms with Gasteiger partial charge in [-0.25, -0.2) is 0 Å². The van der Waals surface area contributed by atoms with Crippen molar-refractivity contribution < 1.29 is 24.0 Å². The topological polar surface area (TPSA) is 0 Å². The zero-order valence-electron chi connectivity index (χ0n) is 9.34. The molecule has 0 unspecified atom stereocenters. The molecule has 78 valence electrons. The molecule has 1 aliphatic heterocycles. The highest BCUT2D eigenvalue weighted by Gasteiger charge is 2.46. The van der Waals surface area contributed by atoms with Crippen LogP contribution in [0.2, 0.25) is 0 Å². The number of para-hydroxylation sites is 1. The van der Waals surface area contributed by atoms with E-state index in [0.29, 0.717) is 5.54 Å². The summed E-state index contributed by atoms with van der Waals surface area (Å²) in [4.78, 5) is 0. The Labute approximate surface area is 104 Å². The summed E-state index contributed by atoms with van der Waals surface area (Å²) in [6, 6.07) is 8.79. The van der Waals surface area contributed by atoms with E-state index in [1.165, 1.54) is 17.7 Å². The Morgan fingerprint density at radius 1 is 1.14 bits per heavy atom. The molecule has 1 aromatic rings. The first-order valence-electron chi connectivity index (χ1n) is 4.88. The molecule has 0 amide bonds. The fourth-order valence-electron chi connectivity index (χ4n) is 2.20. The number of benzene rings is 1. The number of hydrogen-bond acceptors (Lipinski definition) is 0. The van der Waals surface area contributed by atoms with Crippen molar-refractivity contribution in [2.45, 2.75) is 25.8 Å². The lowest BCUT2D eigenvalue weighted by Gasteiger charge is -2.38. The van der Waals surface area contributed by atoms with Crippen LogP contribution in [0.4, 0.5) is 5.69 Å². The third-order valence-electron chi connectivity index (χ3n) is 3.73. The van der Waals surface area contributed by atoms with Gasteiger partial charge >= 0.3 is 0 Å². The first kappa shape index (κ1) is 12.0. The molecule has 0 saturated carbocycles. The zero-order valence-corrected chi connectivity index (χ0v) is 11.5. The van der Waals surface area contributed by atoms with Crippen LogP contribution in [0.1, 0.15) is 19.4 Å². The van der Waals surface area contributed by atoms with E-state index in [2.05, 4.69) is 52.2 Å². The van der Waals surface area contributed by atoms with Crippen LogP contribution in [-0.2, 0) is 6.42 Å². The molecule has 0 radical (unpaired) electrons. The lowest BCUT2D eigenvalue weighted by molar-refractivity contribution is -0.00000308. The minimum Gasteiger partial charge on any atom is -1.00 e. The van der Waals surface area contributed by atoms with Crippen LogP contribution >= 0.6 is 0 Å². The van der Waals surface area contributed by atoms with Gasteiger partial charge in [-0.15, -0.1) is 0 Å². The van der Waals surface area contributed by atoms with Crippen molar-refractivity contribution in [3.8, 4) is 0 Å². The van der Waals surface area contributed by atoms with Gasteiger partial charge in [0.25, 0.3) is 0 Å². The molecule has 1 aromatic carbocycles. The lowest BCUT2D eigenvalue weighted by Crippen LogP contribution is -3.00. The van der Waals surface area contributed by atoms with Crippen LogP contribution in [-0.4, -0.2) is 19.6 Å². The summed E-state index contributed by atoms with van der Waals surface area (Å²) >= 11 is 0. The Bertz CT molecular complexity index is 342. The van der Waals surface area contributed by atoms with E-state index in [1.807, 2.05) is 0 Å². The molecule has 0 N–H and O–H groups in total. The second-order valence-corrected chi connectivity index (χ2v) is 5.07. The van der Waals surface area contributed by atoms with E-state index in [9.17, 15) is 0 Å². The summed E-state index contributed by atoms with van der Waals surface area (Å²) in [6.45, 7) is 4.68. The Hall–Kier alpha value is -0.0900. The fraction of sp³-hybridized carbons (Fsp3) is 0.500. The van der Waals surface area contributed by atoms with Gasteiger partial charge < -0.3 is 24.0 Å². The van der Waals surface area contributed by atoms with Crippen molar-refractivity contribution in [1.29, 1.82) is 0 Å². The highest BCUT2D eigenvalue weighted by molar-refractivity contribution is 5.56. The summed E-state index contributed by atoms with van der Waals surface area (Å²) in [6.07, 6.45) is 1.19. The van der Waals surface area contributed by atoms with E-state index in [1.54, 1.807) is 0 Å². The molecule has 0 saturated heterocycles. The van der Waals surface area contributed by atoms with Gasteiger partial charge in [-0.1, -0.05) is 18.2 Å². The van der Waals surface area contributed by atoms with E-state index < -0.39 is 0 Å². The average Bonchev–Trinajstić information content (AvgIpc) is 2.20. The van der Waals surface area contributed by atoms with E-state index in [0.717, 1.165) is 4.48 Å². The molecule has 2 heteroatoms. The molecular weight excluding hydrogens is 285 g/mol. The number of halogens is 1. The van der Waals surface area contributed by atoms with Crippen molar-refractivity contribution in [3.05, 3.63) is 29.8 Å². The molecule has 0 atom stereocenters. The fourth-order valence-corrected chi connectivity index (χ4v) is 2.20. The van der Waals surface area contributed by atoms with Gasteiger partial charge in [0.05, 0.1) is 14.1 Å². The molecule has 0 fully saturated rings. The number of quaternary nitrogens is 1. The normalized spacial score (nSPS) is 21.1. The lowest BCUT2D eigenvalue weighted by atomic mass is 9.98. The van der Waals surface area contributed by atoms with Gasteiger partial charge in [-0.05, 0) is 19.9 Å². The maximum atomic E-state index is 2.34. The molecule has 14 heavy (non-hydrogen) atoms. The third-order valence-corrected chi connectivity index (χ3v) is 3.73. The van der Waals surface area contributed by atoms with Gasteiger partial charge in [-0.2, -0.15) is 0 Å². The molecule has 0 aliphatic carbocycles. The van der Waals surface area contributed by atoms with Gasteiger partial charge in [0.1, 0.15) is 11.2 Å². The van der Waals surface area contributed by atoms with E-state index in [4.69, 9.17) is 0 Å². The predicted octanol–water partition coefficient (Wildman–Crippen LogP) is -0.408. The molecule has 0 aromatic heterocycles. The highest BCUT2D eigenvalue weighted by Crippen LogP contribution is 2.41. The molecular formula is C12H18IN. The van der Waals surface area contributed by atoms with Crippen molar-refractivity contribution in [2.75, 3.05) is 14.1 Å². The Balaban J connectivity index is 0.000000980. The summed E-state index contributed by atoms with van der Waals surface area (Å²) in [7, 11) is 4.59. The van der Waals surface area contributed by atoms with Gasteiger partial charge in [0, 0.05) is 12.0 Å². The molecule has 0 bridgehead atoms. The van der Waals surface area contributed by atoms with Crippen LogP contribution in [0, 0.1) is 0 Å². The first-order chi connectivity index (χ1) is 5.95. The van der Waals surface area contributed by atoms with Crippen molar-refractivity contribution >= 4 is 5.69 Å². The maximum Gasteiger partial charge on any atom is 0.136 e. The monoisotopic (exact) mass is 303 g/mol. The van der Waals surface area contributed by atoms with Gasteiger partial charge in [0.2, 0.25) is 0 Å². The Kier molecular flexibility index (Phi) is 2.99. The van der Waals surface area contributed by atoms with Crippen LogP contribution in [0.5, 0.6) is 0 Å². The van der Waals surface area contributed by atoms with E-state index in [-0.39, 0.29) is 24.0 Å². The van der Waals surface area contributed by atoms with Crippen molar-refractivity contribution in [3.63, 3.8) is 0 Å². The predicted molar refractivity (Wildman–Crippen MR) is 57.9 cm³/mol. The number of fused-ring (bicyclic) bond motifs is 1. The second-order valence-electron chi connectivity index (χ2n) is 5.07. The summed E-state index contributed by atoms with van der Waals surface area (Å²) in [5.74, 6) is 0. The van der Waals surface area contributed by atoms with Crippen LogP contribution in [0.15, 0.2) is 24.3 Å². The van der Waals surface area contributed by atoms with Crippen molar-refractivity contribution in [1.82, 2.24) is 4.48 Å². The van der Waals surface area contributed by atoms with Gasteiger partial charge in [0.15, 0.2) is 0 Å². The minimum absolute atomic E-state index is 0. The largest absolute Gasteiger partial charge is 1.00 e. The number of rotatable bonds is 0. The standard InChI is InChI=1S/C12H18N.HI/c1-12(2)9-10-7-5-6-8-11(10)13(12,3)4;/h5-8H,9H2,1-4H3;1H/q+1;/p-1. The molecule has 2 rings (SSSR count). The van der Waals surface area contributed by atoms with Crippen LogP contribution in [0.25, 0.3) is 0 Å². The summed E-state index contributed by atoms with van der Waals surface area (Å²) in [5, 5.41) is 0. The van der Waals surface area contributed by atoms with Crippen LogP contribution in [0.3, 0.4) is 0 Å². The maximum absolute atomic E-state index is 2.34. The Morgan fingerprint density at radius 3 is 2.29 bits per heavy atom. The second kappa shape index (κ2) is 3.49. The molecule has 1 heterocycles. The minimum atomic E-state index is 0. The number of likely N-dealkylation sites (N-methyl/N-ethyl adjacent to an activating group) is 1. The summed E-state index contributed by atoms with van der Waals surface area (Å²) < 4.78 is 1.00. The highest BCUT2D eigenvalue weighted by atomic mass is 127. The number of hydrogen-bond donors (Lipinski definition) is 0.